The summed E-state index contributed by atoms with van der Waals surface area (Å²) < 4.78 is 16.4. The van der Waals surface area contributed by atoms with Crippen LogP contribution in [-0.4, -0.2) is 42.3 Å². The van der Waals surface area contributed by atoms with Gasteiger partial charge in [0.2, 0.25) is 0 Å². The third-order valence-electron chi connectivity index (χ3n) is 5.27. The van der Waals surface area contributed by atoms with Crippen LogP contribution in [-0.2, 0) is 20.9 Å². The number of halogens is 1. The summed E-state index contributed by atoms with van der Waals surface area (Å²) in [5.41, 5.74) is 1.53. The number of esters is 1. The maximum Gasteiger partial charge on any atom is 0.344 e. The summed E-state index contributed by atoms with van der Waals surface area (Å²) in [6.07, 6.45) is 1.64. The largest absolute Gasteiger partial charge is 0.493 e. The summed E-state index contributed by atoms with van der Waals surface area (Å²) in [4.78, 5) is 39.0. The second kappa shape index (κ2) is 11.0. The Bertz CT molecular complexity index is 1330. The van der Waals surface area contributed by atoms with Crippen molar-refractivity contribution in [2.75, 3.05) is 20.3 Å². The predicted octanol–water partition coefficient (Wildman–Crippen LogP) is 5.79. The smallest absolute Gasteiger partial charge is 0.344 e. The molecule has 1 heterocycles. The van der Waals surface area contributed by atoms with E-state index in [0.29, 0.717) is 26.4 Å². The van der Waals surface area contributed by atoms with Crippen molar-refractivity contribution >= 4 is 61.7 Å². The minimum Gasteiger partial charge on any atom is -0.493 e. The van der Waals surface area contributed by atoms with E-state index in [2.05, 4.69) is 15.9 Å². The first-order valence-corrected chi connectivity index (χ1v) is 12.4. The summed E-state index contributed by atoms with van der Waals surface area (Å²) in [6, 6.07) is 17.1. The quantitative estimate of drug-likeness (QED) is 0.257. The third kappa shape index (κ3) is 5.52. The van der Waals surface area contributed by atoms with E-state index in [9.17, 15) is 14.4 Å². The van der Waals surface area contributed by atoms with Gasteiger partial charge >= 0.3 is 5.97 Å². The summed E-state index contributed by atoms with van der Waals surface area (Å²) in [7, 11) is 1.47. The monoisotopic (exact) mass is 555 g/mol. The molecule has 4 rings (SSSR count). The lowest BCUT2D eigenvalue weighted by Crippen LogP contribution is -2.27. The number of imide groups is 1. The average molecular weight is 556 g/mol. The van der Waals surface area contributed by atoms with Crippen LogP contribution in [0, 0.1) is 0 Å². The van der Waals surface area contributed by atoms with Gasteiger partial charge in [-0.25, -0.2) is 4.79 Å². The van der Waals surface area contributed by atoms with Gasteiger partial charge in [0.1, 0.15) is 0 Å². The van der Waals surface area contributed by atoms with Crippen LogP contribution >= 0.6 is 27.7 Å². The molecule has 0 spiro atoms. The molecule has 35 heavy (non-hydrogen) atoms. The van der Waals surface area contributed by atoms with Crippen LogP contribution in [0.5, 0.6) is 11.5 Å². The Morgan fingerprint density at radius 3 is 2.66 bits per heavy atom. The number of fused-ring (bicyclic) bond motifs is 1. The van der Waals surface area contributed by atoms with Gasteiger partial charge in [0.15, 0.2) is 18.1 Å². The standard InChI is InChI=1S/C26H22BrNO6S/c1-3-33-23(29)15-34-24-20(27)11-16(12-21(24)32-2)13-22-25(30)28(26(31)35-22)14-18-9-6-8-17-7-4-5-10-19(17)18/h4-13H,3,14-15H2,1-2H3/b22-13+. The number of carbonyl (C=O) groups is 3. The molecule has 180 valence electrons. The maximum absolute atomic E-state index is 13.1. The van der Waals surface area contributed by atoms with Gasteiger partial charge in [0.25, 0.3) is 11.1 Å². The molecule has 9 heteroatoms. The molecule has 0 aromatic heterocycles. The van der Waals surface area contributed by atoms with Gasteiger partial charge < -0.3 is 14.2 Å². The first-order chi connectivity index (χ1) is 16.9. The predicted molar refractivity (Wildman–Crippen MR) is 138 cm³/mol. The summed E-state index contributed by atoms with van der Waals surface area (Å²) in [6.45, 7) is 1.90. The molecule has 0 radical (unpaired) electrons. The first kappa shape index (κ1) is 24.8. The van der Waals surface area contributed by atoms with Crippen molar-refractivity contribution < 1.29 is 28.6 Å². The minimum atomic E-state index is -0.495. The molecular weight excluding hydrogens is 534 g/mol. The lowest BCUT2D eigenvalue weighted by molar-refractivity contribution is -0.145. The van der Waals surface area contributed by atoms with Crippen LogP contribution in [0.4, 0.5) is 4.79 Å². The lowest BCUT2D eigenvalue weighted by atomic mass is 10.0. The van der Waals surface area contributed by atoms with E-state index in [1.807, 2.05) is 42.5 Å². The van der Waals surface area contributed by atoms with E-state index in [0.717, 1.165) is 28.1 Å². The average Bonchev–Trinajstić information content (AvgIpc) is 3.10. The number of methoxy groups -OCH3 is 1. The number of thioether (sulfide) groups is 1. The summed E-state index contributed by atoms with van der Waals surface area (Å²) >= 11 is 4.32. The van der Waals surface area contributed by atoms with E-state index in [1.54, 1.807) is 25.1 Å². The molecule has 3 aromatic carbocycles. The third-order valence-corrected chi connectivity index (χ3v) is 6.77. The molecule has 0 bridgehead atoms. The van der Waals surface area contributed by atoms with Crippen LogP contribution in [0.25, 0.3) is 16.8 Å². The molecular formula is C26H22BrNO6S. The van der Waals surface area contributed by atoms with Gasteiger partial charge in [-0.2, -0.15) is 0 Å². The highest BCUT2D eigenvalue weighted by Crippen LogP contribution is 2.39. The number of hydrogen-bond acceptors (Lipinski definition) is 7. The summed E-state index contributed by atoms with van der Waals surface area (Å²) in [5, 5.41) is 1.73. The fraction of sp³-hybridized carbons (Fsp3) is 0.192. The Labute approximate surface area is 215 Å². The molecule has 0 saturated carbocycles. The van der Waals surface area contributed by atoms with Crippen molar-refractivity contribution in [2.45, 2.75) is 13.5 Å². The molecule has 1 aliphatic rings. The molecule has 7 nitrogen and oxygen atoms in total. The fourth-order valence-corrected chi connectivity index (χ4v) is 5.10. The van der Waals surface area contributed by atoms with Gasteiger partial charge in [-0.15, -0.1) is 0 Å². The van der Waals surface area contributed by atoms with Gasteiger partial charge in [0.05, 0.1) is 29.6 Å². The van der Waals surface area contributed by atoms with Crippen molar-refractivity contribution in [1.82, 2.24) is 4.90 Å². The van der Waals surface area contributed by atoms with Crippen molar-refractivity contribution in [3.05, 3.63) is 75.1 Å². The molecule has 0 N–H and O–H groups in total. The van der Waals surface area contributed by atoms with Crippen LogP contribution in [0.1, 0.15) is 18.1 Å². The molecule has 0 unspecified atom stereocenters. The molecule has 1 saturated heterocycles. The Hall–Kier alpha value is -3.30. The molecule has 0 aliphatic carbocycles. The number of carbonyl (C=O) groups excluding carboxylic acids is 3. The van der Waals surface area contributed by atoms with Crippen molar-refractivity contribution in [3.8, 4) is 11.5 Å². The topological polar surface area (TPSA) is 82.1 Å². The summed E-state index contributed by atoms with van der Waals surface area (Å²) in [5.74, 6) is -0.150. The van der Waals surface area contributed by atoms with Gasteiger partial charge in [0, 0.05) is 0 Å². The van der Waals surface area contributed by atoms with Crippen molar-refractivity contribution in [2.24, 2.45) is 0 Å². The number of hydrogen-bond donors (Lipinski definition) is 0. The van der Waals surface area contributed by atoms with E-state index >= 15 is 0 Å². The minimum absolute atomic E-state index is 0.191. The SMILES string of the molecule is CCOC(=O)COc1c(Br)cc(/C=C2/SC(=O)N(Cc3cccc4ccccc34)C2=O)cc1OC. The zero-order valence-corrected chi connectivity index (χ0v) is 21.5. The number of benzene rings is 3. The van der Waals surface area contributed by atoms with Crippen molar-refractivity contribution in [1.29, 1.82) is 0 Å². The van der Waals surface area contributed by atoms with Crippen LogP contribution in [0.3, 0.4) is 0 Å². The normalized spacial score (nSPS) is 14.6. The molecule has 1 fully saturated rings. The number of amides is 2. The van der Waals surface area contributed by atoms with E-state index in [-0.39, 0.29) is 30.9 Å². The Morgan fingerprint density at radius 1 is 1.11 bits per heavy atom. The van der Waals surface area contributed by atoms with Crippen LogP contribution < -0.4 is 9.47 Å². The second-order valence-electron chi connectivity index (χ2n) is 7.53. The van der Waals surface area contributed by atoms with Crippen molar-refractivity contribution in [3.63, 3.8) is 0 Å². The van der Waals surface area contributed by atoms with Crippen LogP contribution in [0.15, 0.2) is 64.0 Å². The molecule has 0 atom stereocenters. The lowest BCUT2D eigenvalue weighted by Gasteiger charge is -2.14. The number of nitrogens with zero attached hydrogens (tertiary/aromatic N) is 1. The maximum atomic E-state index is 13.1. The number of ether oxygens (including phenoxy) is 3. The highest BCUT2D eigenvalue weighted by Gasteiger charge is 2.35. The van der Waals surface area contributed by atoms with E-state index in [1.165, 1.54) is 12.0 Å². The highest BCUT2D eigenvalue weighted by molar-refractivity contribution is 9.10. The number of rotatable bonds is 8. The van der Waals surface area contributed by atoms with Gasteiger partial charge in [-0.05, 0) is 74.7 Å². The highest BCUT2D eigenvalue weighted by atomic mass is 79.9. The van der Waals surface area contributed by atoms with Gasteiger partial charge in [-0.3, -0.25) is 14.5 Å². The molecule has 3 aromatic rings. The zero-order valence-electron chi connectivity index (χ0n) is 19.1. The van der Waals surface area contributed by atoms with E-state index < -0.39 is 5.97 Å². The van der Waals surface area contributed by atoms with Gasteiger partial charge in [-0.1, -0.05) is 42.5 Å². The first-order valence-electron chi connectivity index (χ1n) is 10.8. The van der Waals surface area contributed by atoms with E-state index in [4.69, 9.17) is 14.2 Å². The zero-order chi connectivity index (χ0) is 24.9. The Morgan fingerprint density at radius 2 is 1.89 bits per heavy atom. The second-order valence-corrected chi connectivity index (χ2v) is 9.38. The Balaban J connectivity index is 1.56. The Kier molecular flexibility index (Phi) is 7.77. The van der Waals surface area contributed by atoms with Crippen LogP contribution in [0.2, 0.25) is 0 Å². The fourth-order valence-electron chi connectivity index (χ4n) is 3.69. The molecule has 2 amide bonds. The molecule has 1 aliphatic heterocycles.